The van der Waals surface area contributed by atoms with Crippen LogP contribution < -0.4 is 0 Å². The van der Waals surface area contributed by atoms with Gasteiger partial charge in [-0.1, -0.05) is 47.0 Å². The maximum absolute atomic E-state index is 11.5. The predicted octanol–water partition coefficient (Wildman–Crippen LogP) is 5.35. The van der Waals surface area contributed by atoms with Crippen LogP contribution in [0.3, 0.4) is 0 Å². The molecule has 1 atom stereocenters. The van der Waals surface area contributed by atoms with Crippen molar-refractivity contribution in [3.05, 3.63) is 0 Å². The van der Waals surface area contributed by atoms with Gasteiger partial charge < -0.3 is 4.74 Å². The number of unbranched alkanes of at least 4 members (excludes halogenated alkanes) is 2. The topological polar surface area (TPSA) is 26.3 Å². The molecule has 0 aliphatic rings. The number of ether oxygens (including phenoxy) is 1. The minimum atomic E-state index is -0.349. The summed E-state index contributed by atoms with van der Waals surface area (Å²) in [5.74, 6) is 0.719. The van der Waals surface area contributed by atoms with Crippen molar-refractivity contribution in [2.24, 2.45) is 11.3 Å². The maximum atomic E-state index is 11.5. The van der Waals surface area contributed by atoms with Gasteiger partial charge in [-0.25, -0.2) is 0 Å². The molecule has 0 saturated heterocycles. The summed E-state index contributed by atoms with van der Waals surface area (Å²) in [7, 11) is 0. The van der Waals surface area contributed by atoms with Crippen LogP contribution in [0.1, 0.15) is 87.0 Å². The molecule has 0 spiro atoms. The Labute approximate surface area is 120 Å². The van der Waals surface area contributed by atoms with Crippen LogP contribution in [0.5, 0.6) is 0 Å². The summed E-state index contributed by atoms with van der Waals surface area (Å²) in [6.07, 6.45) is 6.42. The molecule has 2 nitrogen and oxygen atoms in total. The molecule has 1 unspecified atom stereocenters. The summed E-state index contributed by atoms with van der Waals surface area (Å²) < 4.78 is 5.29. The van der Waals surface area contributed by atoms with E-state index >= 15 is 0 Å². The number of hydrogen-bond donors (Lipinski definition) is 0. The monoisotopic (exact) mass is 270 g/mol. The third-order valence-corrected chi connectivity index (χ3v) is 2.96. The molecular weight excluding hydrogens is 236 g/mol. The molecule has 19 heavy (non-hydrogen) atoms. The van der Waals surface area contributed by atoms with Crippen LogP contribution in [0.25, 0.3) is 0 Å². The van der Waals surface area contributed by atoms with Crippen LogP contribution >= 0.6 is 0 Å². The lowest BCUT2D eigenvalue weighted by Crippen LogP contribution is -2.23. The van der Waals surface area contributed by atoms with E-state index in [-0.39, 0.29) is 11.6 Å². The van der Waals surface area contributed by atoms with E-state index in [1.807, 2.05) is 20.8 Å². The molecule has 0 aliphatic heterocycles. The van der Waals surface area contributed by atoms with Gasteiger partial charge in [0.25, 0.3) is 0 Å². The van der Waals surface area contributed by atoms with Crippen molar-refractivity contribution in [3.8, 4) is 0 Å². The number of carbonyl (C=O) groups excluding carboxylic acids is 1. The second-order valence-electron chi connectivity index (χ2n) is 8.06. The van der Waals surface area contributed by atoms with Crippen LogP contribution in [-0.2, 0) is 9.53 Å². The Morgan fingerprint density at radius 1 is 1.00 bits per heavy atom. The van der Waals surface area contributed by atoms with E-state index in [0.29, 0.717) is 11.8 Å². The lowest BCUT2D eigenvalue weighted by atomic mass is 9.83. The zero-order valence-electron chi connectivity index (χ0n) is 14.1. The fourth-order valence-corrected chi connectivity index (χ4v) is 2.48. The van der Waals surface area contributed by atoms with Gasteiger partial charge in [0.05, 0.1) is 0 Å². The summed E-state index contributed by atoms with van der Waals surface area (Å²) in [6, 6.07) is 0. The van der Waals surface area contributed by atoms with Crippen molar-refractivity contribution < 1.29 is 9.53 Å². The summed E-state index contributed by atoms with van der Waals surface area (Å²) in [6.45, 7) is 15.0. The van der Waals surface area contributed by atoms with E-state index in [2.05, 4.69) is 27.7 Å². The average molecular weight is 270 g/mol. The summed E-state index contributed by atoms with van der Waals surface area (Å²) in [5.41, 5.74) is 0.0776. The zero-order chi connectivity index (χ0) is 15.1. The van der Waals surface area contributed by atoms with E-state index in [9.17, 15) is 4.79 Å². The molecule has 0 fully saturated rings. The normalized spacial score (nSPS) is 14.3. The number of rotatable bonds is 7. The molecule has 0 radical (unpaired) electrons. The van der Waals surface area contributed by atoms with E-state index in [4.69, 9.17) is 4.74 Å². The Morgan fingerprint density at radius 3 is 2.05 bits per heavy atom. The van der Waals surface area contributed by atoms with Crippen molar-refractivity contribution >= 4 is 5.97 Å². The number of carbonyl (C=O) groups is 1. The van der Waals surface area contributed by atoms with Crippen molar-refractivity contribution in [1.82, 2.24) is 0 Å². The van der Waals surface area contributed by atoms with Gasteiger partial charge in [-0.3, -0.25) is 4.79 Å². The Kier molecular flexibility index (Phi) is 7.69. The molecule has 0 aromatic rings. The van der Waals surface area contributed by atoms with Crippen molar-refractivity contribution in [2.75, 3.05) is 0 Å². The first-order chi connectivity index (χ1) is 8.49. The Balaban J connectivity index is 3.58. The molecule has 0 aromatic heterocycles. The highest BCUT2D eigenvalue weighted by Gasteiger charge is 2.16. The molecule has 2 heteroatoms. The smallest absolute Gasteiger partial charge is 0.306 e. The van der Waals surface area contributed by atoms with Crippen molar-refractivity contribution in [3.63, 3.8) is 0 Å². The third kappa shape index (κ3) is 13.7. The number of hydrogen-bond acceptors (Lipinski definition) is 2. The highest BCUT2D eigenvalue weighted by atomic mass is 16.6. The second kappa shape index (κ2) is 7.91. The first-order valence-corrected chi connectivity index (χ1v) is 7.71. The summed E-state index contributed by atoms with van der Waals surface area (Å²) >= 11 is 0. The van der Waals surface area contributed by atoms with Crippen LogP contribution in [0.2, 0.25) is 0 Å². The quantitative estimate of drug-likeness (QED) is 0.460. The van der Waals surface area contributed by atoms with E-state index in [0.717, 1.165) is 18.8 Å². The van der Waals surface area contributed by atoms with Gasteiger partial charge in [-0.05, 0) is 44.9 Å². The molecule has 0 heterocycles. The Bertz CT molecular complexity index is 255. The molecule has 114 valence electrons. The fraction of sp³-hybridized carbons (Fsp3) is 0.941. The number of esters is 1. The molecule has 0 N–H and O–H groups in total. The van der Waals surface area contributed by atoms with E-state index in [1.54, 1.807) is 0 Å². The van der Waals surface area contributed by atoms with Crippen molar-refractivity contribution in [1.29, 1.82) is 0 Å². The van der Waals surface area contributed by atoms with Crippen LogP contribution in [-0.4, -0.2) is 11.6 Å². The first kappa shape index (κ1) is 18.5. The minimum absolute atomic E-state index is 0.0600. The first-order valence-electron chi connectivity index (χ1n) is 7.71. The largest absolute Gasteiger partial charge is 0.460 e. The lowest BCUT2D eigenvalue weighted by molar-refractivity contribution is -0.154. The van der Waals surface area contributed by atoms with Gasteiger partial charge in [0.2, 0.25) is 0 Å². The molecule has 0 saturated carbocycles. The summed E-state index contributed by atoms with van der Waals surface area (Å²) in [5, 5.41) is 0. The lowest BCUT2D eigenvalue weighted by Gasteiger charge is -2.23. The maximum Gasteiger partial charge on any atom is 0.306 e. The van der Waals surface area contributed by atoms with Gasteiger partial charge in [0.15, 0.2) is 0 Å². The Morgan fingerprint density at radius 2 is 1.58 bits per heavy atom. The van der Waals surface area contributed by atoms with Gasteiger partial charge >= 0.3 is 5.97 Å². The van der Waals surface area contributed by atoms with Crippen LogP contribution in [0, 0.1) is 11.3 Å². The molecule has 0 bridgehead atoms. The van der Waals surface area contributed by atoms with Crippen LogP contribution in [0.4, 0.5) is 0 Å². The highest BCUT2D eigenvalue weighted by molar-refractivity contribution is 5.69. The van der Waals surface area contributed by atoms with E-state index in [1.165, 1.54) is 19.3 Å². The van der Waals surface area contributed by atoms with Gasteiger partial charge in [-0.2, -0.15) is 0 Å². The average Bonchev–Trinajstić information content (AvgIpc) is 2.10. The molecule has 0 aromatic carbocycles. The highest BCUT2D eigenvalue weighted by Crippen LogP contribution is 2.27. The molecule has 0 rings (SSSR count). The second-order valence-corrected chi connectivity index (χ2v) is 8.06. The van der Waals surface area contributed by atoms with Gasteiger partial charge in [0, 0.05) is 6.42 Å². The van der Waals surface area contributed by atoms with Crippen molar-refractivity contribution in [2.45, 2.75) is 92.6 Å². The zero-order valence-corrected chi connectivity index (χ0v) is 14.1. The summed E-state index contributed by atoms with van der Waals surface area (Å²) in [4.78, 5) is 11.5. The minimum Gasteiger partial charge on any atom is -0.460 e. The molecular formula is C17H34O2. The molecule has 0 amide bonds. The molecule has 0 aliphatic carbocycles. The standard InChI is InChI=1S/C17H34O2/c1-14(13-16(2,3)4)11-9-8-10-12-15(18)19-17(5,6)7/h14H,8-13H2,1-7H3. The third-order valence-electron chi connectivity index (χ3n) is 2.96. The van der Waals surface area contributed by atoms with Crippen LogP contribution in [0.15, 0.2) is 0 Å². The van der Waals surface area contributed by atoms with Gasteiger partial charge in [0.1, 0.15) is 5.60 Å². The fourth-order valence-electron chi connectivity index (χ4n) is 2.48. The van der Waals surface area contributed by atoms with Gasteiger partial charge in [-0.15, -0.1) is 0 Å². The van der Waals surface area contributed by atoms with E-state index < -0.39 is 0 Å². The SMILES string of the molecule is CC(CCCCCC(=O)OC(C)(C)C)CC(C)(C)C. The Hall–Kier alpha value is -0.530. The predicted molar refractivity (Wildman–Crippen MR) is 82.2 cm³/mol.